The summed E-state index contributed by atoms with van der Waals surface area (Å²) in [5, 5.41) is 1.30. The molecule has 1 fully saturated rings. The molecule has 1 aliphatic heterocycles. The molecular formula is C19H27NOS. The van der Waals surface area contributed by atoms with E-state index in [0.717, 1.165) is 18.3 Å². The number of hydrogen-bond donors (Lipinski definition) is 0. The Labute approximate surface area is 138 Å². The highest BCUT2D eigenvalue weighted by Gasteiger charge is 2.22. The van der Waals surface area contributed by atoms with Crippen LogP contribution in [0.5, 0.6) is 5.75 Å². The lowest BCUT2D eigenvalue weighted by Crippen LogP contribution is -2.33. The molecule has 1 saturated heterocycles. The Morgan fingerprint density at radius 3 is 2.77 bits per heavy atom. The maximum absolute atomic E-state index is 5.78. The van der Waals surface area contributed by atoms with Gasteiger partial charge in [0.25, 0.3) is 0 Å². The Balaban J connectivity index is 1.71. The monoisotopic (exact) mass is 317 g/mol. The van der Waals surface area contributed by atoms with E-state index < -0.39 is 0 Å². The first-order valence-electron chi connectivity index (χ1n) is 8.69. The average molecular weight is 317 g/mol. The maximum atomic E-state index is 5.78. The predicted octanol–water partition coefficient (Wildman–Crippen LogP) is 5.28. The van der Waals surface area contributed by atoms with Crippen molar-refractivity contribution >= 4 is 21.4 Å². The number of fused-ring (bicyclic) bond motifs is 1. The fraction of sp³-hybridized carbons (Fsp3) is 0.579. The van der Waals surface area contributed by atoms with Gasteiger partial charge in [0, 0.05) is 15.0 Å². The molecule has 1 aromatic heterocycles. The minimum absolute atomic E-state index is 0.736. The van der Waals surface area contributed by atoms with Gasteiger partial charge >= 0.3 is 0 Å². The fourth-order valence-electron chi connectivity index (χ4n) is 3.36. The van der Waals surface area contributed by atoms with E-state index >= 15 is 0 Å². The summed E-state index contributed by atoms with van der Waals surface area (Å²) >= 11 is 1.96. The minimum atomic E-state index is 0.736. The molecule has 0 atom stereocenters. The number of nitrogens with zero attached hydrogens (tertiary/aromatic N) is 1. The van der Waals surface area contributed by atoms with Gasteiger partial charge in [-0.3, -0.25) is 0 Å². The lowest BCUT2D eigenvalue weighted by Gasteiger charge is -2.31. The SMILES string of the molecule is CCCCN1CCC(c2cc3c(OCC)cccc3s2)CC1. The zero-order chi connectivity index (χ0) is 15.4. The second-order valence-corrected chi connectivity index (χ2v) is 7.33. The smallest absolute Gasteiger partial charge is 0.127 e. The van der Waals surface area contributed by atoms with Crippen LogP contribution in [0.1, 0.15) is 50.3 Å². The van der Waals surface area contributed by atoms with Gasteiger partial charge in [0.2, 0.25) is 0 Å². The Bertz CT molecular complexity index is 599. The highest BCUT2D eigenvalue weighted by molar-refractivity contribution is 7.19. The molecule has 2 aromatic rings. The van der Waals surface area contributed by atoms with E-state index in [0.29, 0.717) is 0 Å². The van der Waals surface area contributed by atoms with Crippen molar-refractivity contribution in [2.75, 3.05) is 26.2 Å². The number of unbranched alkanes of at least 4 members (excludes halogenated alkanes) is 1. The normalized spacial score (nSPS) is 17.2. The lowest BCUT2D eigenvalue weighted by atomic mass is 9.94. The van der Waals surface area contributed by atoms with Crippen LogP contribution in [0.2, 0.25) is 0 Å². The summed E-state index contributed by atoms with van der Waals surface area (Å²) in [5.41, 5.74) is 0. The van der Waals surface area contributed by atoms with Crippen molar-refractivity contribution in [3.63, 3.8) is 0 Å². The van der Waals surface area contributed by atoms with Crippen molar-refractivity contribution in [3.05, 3.63) is 29.1 Å². The summed E-state index contributed by atoms with van der Waals surface area (Å²) in [6.45, 7) is 8.87. The number of ether oxygens (including phenoxy) is 1. The van der Waals surface area contributed by atoms with Crippen LogP contribution >= 0.6 is 11.3 Å². The van der Waals surface area contributed by atoms with Crippen LogP contribution in [-0.4, -0.2) is 31.1 Å². The highest BCUT2D eigenvalue weighted by atomic mass is 32.1. The summed E-state index contributed by atoms with van der Waals surface area (Å²) in [5.74, 6) is 1.78. The van der Waals surface area contributed by atoms with Crippen LogP contribution in [0.25, 0.3) is 10.1 Å². The van der Waals surface area contributed by atoms with E-state index in [1.54, 1.807) is 4.88 Å². The molecule has 1 aromatic carbocycles. The van der Waals surface area contributed by atoms with E-state index in [1.807, 2.05) is 11.3 Å². The molecule has 0 spiro atoms. The van der Waals surface area contributed by atoms with Gasteiger partial charge in [-0.2, -0.15) is 0 Å². The zero-order valence-electron chi connectivity index (χ0n) is 13.8. The number of hydrogen-bond acceptors (Lipinski definition) is 3. The van der Waals surface area contributed by atoms with Crippen molar-refractivity contribution in [1.29, 1.82) is 0 Å². The molecule has 2 nitrogen and oxygen atoms in total. The molecule has 22 heavy (non-hydrogen) atoms. The Morgan fingerprint density at radius 2 is 2.05 bits per heavy atom. The van der Waals surface area contributed by atoms with E-state index in [2.05, 4.69) is 43.0 Å². The first-order valence-corrected chi connectivity index (χ1v) is 9.51. The predicted molar refractivity (Wildman–Crippen MR) is 96.3 cm³/mol. The number of likely N-dealkylation sites (tertiary alicyclic amines) is 1. The number of rotatable bonds is 6. The highest BCUT2D eigenvalue weighted by Crippen LogP contribution is 2.39. The van der Waals surface area contributed by atoms with Gasteiger partial charge in [-0.1, -0.05) is 19.4 Å². The molecule has 2 heterocycles. The molecular weight excluding hydrogens is 290 g/mol. The quantitative estimate of drug-likeness (QED) is 0.718. The van der Waals surface area contributed by atoms with E-state index in [1.165, 1.54) is 55.4 Å². The van der Waals surface area contributed by atoms with Crippen molar-refractivity contribution in [2.45, 2.75) is 45.4 Å². The van der Waals surface area contributed by atoms with Gasteiger partial charge < -0.3 is 9.64 Å². The maximum Gasteiger partial charge on any atom is 0.127 e. The largest absolute Gasteiger partial charge is 0.493 e. The van der Waals surface area contributed by atoms with Crippen molar-refractivity contribution in [1.82, 2.24) is 4.90 Å². The molecule has 120 valence electrons. The van der Waals surface area contributed by atoms with Gasteiger partial charge in [-0.25, -0.2) is 0 Å². The average Bonchev–Trinajstić information content (AvgIpc) is 2.99. The van der Waals surface area contributed by atoms with Gasteiger partial charge in [0.15, 0.2) is 0 Å². The number of piperidine rings is 1. The van der Waals surface area contributed by atoms with Gasteiger partial charge in [-0.05, 0) is 69.9 Å². The second-order valence-electron chi connectivity index (χ2n) is 6.22. The van der Waals surface area contributed by atoms with E-state index in [4.69, 9.17) is 4.74 Å². The summed E-state index contributed by atoms with van der Waals surface area (Å²) in [6, 6.07) is 8.82. The molecule has 0 N–H and O–H groups in total. The zero-order valence-corrected chi connectivity index (χ0v) is 14.6. The Kier molecular flexibility index (Phi) is 5.37. The molecule has 0 bridgehead atoms. The van der Waals surface area contributed by atoms with E-state index in [9.17, 15) is 0 Å². The molecule has 0 amide bonds. The van der Waals surface area contributed by atoms with Gasteiger partial charge in [-0.15, -0.1) is 11.3 Å². The summed E-state index contributed by atoms with van der Waals surface area (Å²) in [7, 11) is 0. The van der Waals surface area contributed by atoms with Crippen molar-refractivity contribution < 1.29 is 4.74 Å². The van der Waals surface area contributed by atoms with Crippen molar-refractivity contribution in [2.24, 2.45) is 0 Å². The molecule has 0 saturated carbocycles. The first kappa shape index (κ1) is 15.8. The molecule has 3 rings (SSSR count). The standard InChI is InChI=1S/C19H27NOS/c1-3-5-11-20-12-9-15(10-13-20)19-14-16-17(21-4-2)7-6-8-18(16)22-19/h6-8,14-15H,3-5,9-13H2,1-2H3. The number of benzene rings is 1. The molecule has 0 unspecified atom stereocenters. The summed E-state index contributed by atoms with van der Waals surface area (Å²) in [6.07, 6.45) is 5.25. The molecule has 0 radical (unpaired) electrons. The molecule has 0 aliphatic carbocycles. The third kappa shape index (κ3) is 3.47. The van der Waals surface area contributed by atoms with Gasteiger partial charge in [0.1, 0.15) is 5.75 Å². The summed E-state index contributed by atoms with van der Waals surface area (Å²) in [4.78, 5) is 4.19. The Hall–Kier alpha value is -1.06. The molecule has 3 heteroatoms. The Morgan fingerprint density at radius 1 is 1.23 bits per heavy atom. The van der Waals surface area contributed by atoms with E-state index in [-0.39, 0.29) is 0 Å². The minimum Gasteiger partial charge on any atom is -0.493 e. The van der Waals surface area contributed by atoms with Crippen LogP contribution < -0.4 is 4.74 Å². The van der Waals surface area contributed by atoms with Crippen LogP contribution in [0.3, 0.4) is 0 Å². The lowest BCUT2D eigenvalue weighted by molar-refractivity contribution is 0.211. The van der Waals surface area contributed by atoms with Crippen LogP contribution in [0.15, 0.2) is 24.3 Å². The van der Waals surface area contributed by atoms with Gasteiger partial charge in [0.05, 0.1) is 6.61 Å². The first-order chi connectivity index (χ1) is 10.8. The third-order valence-electron chi connectivity index (χ3n) is 4.66. The van der Waals surface area contributed by atoms with Crippen molar-refractivity contribution in [3.8, 4) is 5.75 Å². The van der Waals surface area contributed by atoms with Crippen LogP contribution in [0, 0.1) is 0 Å². The van der Waals surface area contributed by atoms with Crippen LogP contribution in [-0.2, 0) is 0 Å². The number of thiophene rings is 1. The van der Waals surface area contributed by atoms with Crippen LogP contribution in [0.4, 0.5) is 0 Å². The third-order valence-corrected chi connectivity index (χ3v) is 5.92. The summed E-state index contributed by atoms with van der Waals surface area (Å²) < 4.78 is 7.15. The fourth-order valence-corrected chi connectivity index (χ4v) is 4.61. The molecule has 1 aliphatic rings. The second kappa shape index (κ2) is 7.47. The topological polar surface area (TPSA) is 12.5 Å².